The molecule has 0 saturated carbocycles. The SMILES string of the molecule is Cc1cc(C)cc(N2C=C(C=O)C=[N+](c3cc(C)cc(C)c3)CC2)c1. The number of benzene rings is 2. The van der Waals surface area contributed by atoms with Crippen LogP contribution in [-0.4, -0.2) is 30.2 Å². The first-order valence-corrected chi connectivity index (χ1v) is 8.66. The summed E-state index contributed by atoms with van der Waals surface area (Å²) in [6.07, 6.45) is 4.82. The van der Waals surface area contributed by atoms with Gasteiger partial charge < -0.3 is 4.90 Å². The first-order valence-electron chi connectivity index (χ1n) is 8.66. The average Bonchev–Trinajstić information content (AvgIpc) is 2.75. The van der Waals surface area contributed by atoms with Crippen molar-refractivity contribution in [2.24, 2.45) is 0 Å². The van der Waals surface area contributed by atoms with Crippen molar-refractivity contribution in [3.05, 3.63) is 70.4 Å². The maximum absolute atomic E-state index is 11.6. The number of aryl methyl sites for hydroxylation is 4. The maximum Gasteiger partial charge on any atom is 0.205 e. The van der Waals surface area contributed by atoms with E-state index < -0.39 is 0 Å². The average molecular weight is 333 g/mol. The molecule has 1 heterocycles. The Morgan fingerprint density at radius 3 is 2.00 bits per heavy atom. The lowest BCUT2D eigenvalue weighted by Gasteiger charge is -2.19. The molecule has 0 unspecified atom stereocenters. The number of nitrogens with zero attached hydrogens (tertiary/aromatic N) is 2. The van der Waals surface area contributed by atoms with Crippen LogP contribution in [0.15, 0.2) is 48.2 Å². The van der Waals surface area contributed by atoms with Crippen molar-refractivity contribution < 1.29 is 9.37 Å². The van der Waals surface area contributed by atoms with Crippen molar-refractivity contribution in [1.29, 1.82) is 0 Å². The number of allylic oxidation sites excluding steroid dienone is 1. The Hall–Kier alpha value is -2.68. The number of carbonyl (C=O) groups excluding carboxylic acids is 1. The molecule has 2 aromatic carbocycles. The molecule has 0 aromatic heterocycles. The zero-order valence-electron chi connectivity index (χ0n) is 15.4. The van der Waals surface area contributed by atoms with Gasteiger partial charge in [-0.15, -0.1) is 0 Å². The highest BCUT2D eigenvalue weighted by molar-refractivity contribution is 6.00. The third-order valence-corrected chi connectivity index (χ3v) is 4.40. The number of rotatable bonds is 3. The summed E-state index contributed by atoms with van der Waals surface area (Å²) >= 11 is 0. The third kappa shape index (κ3) is 4.05. The highest BCUT2D eigenvalue weighted by Gasteiger charge is 2.19. The molecule has 0 radical (unpaired) electrons. The van der Waals surface area contributed by atoms with Crippen LogP contribution in [-0.2, 0) is 4.79 Å². The van der Waals surface area contributed by atoms with Gasteiger partial charge in [-0.25, -0.2) is 0 Å². The van der Waals surface area contributed by atoms with E-state index in [1.165, 1.54) is 22.3 Å². The van der Waals surface area contributed by atoms with Crippen LogP contribution in [0.3, 0.4) is 0 Å². The van der Waals surface area contributed by atoms with E-state index in [0.29, 0.717) is 5.57 Å². The van der Waals surface area contributed by atoms with Gasteiger partial charge in [0.2, 0.25) is 5.69 Å². The number of hydrogen-bond donors (Lipinski definition) is 0. The first kappa shape index (κ1) is 17.2. The van der Waals surface area contributed by atoms with Crippen LogP contribution in [0, 0.1) is 27.7 Å². The molecule has 3 heteroatoms. The summed E-state index contributed by atoms with van der Waals surface area (Å²) in [5, 5.41) is 0. The van der Waals surface area contributed by atoms with Gasteiger partial charge in [-0.2, -0.15) is 4.58 Å². The lowest BCUT2D eigenvalue weighted by molar-refractivity contribution is -0.431. The van der Waals surface area contributed by atoms with Gasteiger partial charge >= 0.3 is 0 Å². The van der Waals surface area contributed by atoms with Gasteiger partial charge in [-0.05, 0) is 62.1 Å². The summed E-state index contributed by atoms with van der Waals surface area (Å²) in [5.41, 5.74) is 7.87. The summed E-state index contributed by atoms with van der Waals surface area (Å²) in [5.74, 6) is 0. The second kappa shape index (κ2) is 7.06. The lowest BCUT2D eigenvalue weighted by Crippen LogP contribution is -2.23. The normalized spacial score (nSPS) is 14.6. The predicted molar refractivity (Wildman–Crippen MR) is 104 cm³/mol. The van der Waals surface area contributed by atoms with E-state index >= 15 is 0 Å². The largest absolute Gasteiger partial charge is 0.341 e. The molecule has 1 aliphatic heterocycles. The quantitative estimate of drug-likeness (QED) is 0.619. The van der Waals surface area contributed by atoms with Gasteiger partial charge in [0.25, 0.3) is 0 Å². The molecular formula is C22H25N2O+. The Balaban J connectivity index is 1.95. The van der Waals surface area contributed by atoms with Crippen LogP contribution in [0.4, 0.5) is 11.4 Å². The minimum atomic E-state index is 0.677. The molecule has 2 aromatic rings. The highest BCUT2D eigenvalue weighted by atomic mass is 16.1. The monoisotopic (exact) mass is 333 g/mol. The summed E-state index contributed by atoms with van der Waals surface area (Å²) in [6, 6.07) is 13.0. The molecule has 3 rings (SSSR count). The summed E-state index contributed by atoms with van der Waals surface area (Å²) in [7, 11) is 0. The Kier molecular flexibility index (Phi) is 4.84. The van der Waals surface area contributed by atoms with Crippen molar-refractivity contribution in [2.45, 2.75) is 27.7 Å². The van der Waals surface area contributed by atoms with Crippen LogP contribution >= 0.6 is 0 Å². The second-order valence-electron chi connectivity index (χ2n) is 6.95. The van der Waals surface area contributed by atoms with E-state index in [4.69, 9.17) is 0 Å². The molecule has 25 heavy (non-hydrogen) atoms. The van der Waals surface area contributed by atoms with Gasteiger partial charge in [-0.3, -0.25) is 4.79 Å². The van der Waals surface area contributed by atoms with Gasteiger partial charge in [0.1, 0.15) is 0 Å². The standard InChI is InChI=1S/C22H25N2O/c1-16-7-17(2)10-21(9-16)23-5-6-24(14-20(13-23)15-25)22-11-18(3)8-19(4)12-22/h7-15H,5-6H2,1-4H3/q+1. The molecule has 0 atom stereocenters. The van der Waals surface area contributed by atoms with E-state index in [2.05, 4.69) is 73.6 Å². The number of hydrogen-bond acceptors (Lipinski definition) is 2. The van der Waals surface area contributed by atoms with E-state index in [1.807, 2.05) is 12.4 Å². The molecule has 0 spiro atoms. The molecule has 0 fully saturated rings. The van der Waals surface area contributed by atoms with Crippen molar-refractivity contribution in [1.82, 2.24) is 0 Å². The molecule has 3 nitrogen and oxygen atoms in total. The zero-order chi connectivity index (χ0) is 18.0. The molecule has 128 valence electrons. The van der Waals surface area contributed by atoms with E-state index in [1.54, 1.807) is 0 Å². The molecular weight excluding hydrogens is 308 g/mol. The fraction of sp³-hybridized carbons (Fsp3) is 0.273. The minimum absolute atomic E-state index is 0.677. The van der Waals surface area contributed by atoms with Crippen LogP contribution < -0.4 is 4.90 Å². The number of carbonyl (C=O) groups is 1. The third-order valence-electron chi connectivity index (χ3n) is 4.40. The smallest absolute Gasteiger partial charge is 0.205 e. The molecule has 0 amide bonds. The van der Waals surface area contributed by atoms with Crippen LogP contribution in [0.1, 0.15) is 22.3 Å². The Labute approximate surface area is 149 Å². The fourth-order valence-corrected chi connectivity index (χ4v) is 3.44. The first-order chi connectivity index (χ1) is 11.9. The van der Waals surface area contributed by atoms with Crippen molar-refractivity contribution in [3.63, 3.8) is 0 Å². The Morgan fingerprint density at radius 2 is 1.44 bits per heavy atom. The van der Waals surface area contributed by atoms with E-state index in [0.717, 1.165) is 30.8 Å². The predicted octanol–water partition coefficient (Wildman–Crippen LogP) is 4.24. The van der Waals surface area contributed by atoms with Crippen LogP contribution in [0.5, 0.6) is 0 Å². The molecule has 0 saturated heterocycles. The Morgan fingerprint density at radius 1 is 0.880 bits per heavy atom. The summed E-state index contributed by atoms with van der Waals surface area (Å²) in [6.45, 7) is 10.1. The topological polar surface area (TPSA) is 23.3 Å². The zero-order valence-corrected chi connectivity index (χ0v) is 15.4. The number of anilines is 1. The van der Waals surface area contributed by atoms with Crippen molar-refractivity contribution >= 4 is 23.9 Å². The molecule has 0 aliphatic carbocycles. The highest BCUT2D eigenvalue weighted by Crippen LogP contribution is 2.22. The van der Waals surface area contributed by atoms with Gasteiger partial charge in [-0.1, -0.05) is 12.1 Å². The van der Waals surface area contributed by atoms with Gasteiger partial charge in [0.15, 0.2) is 19.0 Å². The molecule has 0 bridgehead atoms. The maximum atomic E-state index is 11.6. The number of aldehydes is 1. The van der Waals surface area contributed by atoms with Gasteiger partial charge in [0.05, 0.1) is 12.1 Å². The summed E-state index contributed by atoms with van der Waals surface area (Å²) < 4.78 is 2.17. The van der Waals surface area contributed by atoms with Crippen molar-refractivity contribution in [2.75, 3.05) is 18.0 Å². The molecule has 1 aliphatic rings. The van der Waals surface area contributed by atoms with Crippen LogP contribution in [0.2, 0.25) is 0 Å². The van der Waals surface area contributed by atoms with Crippen LogP contribution in [0.25, 0.3) is 0 Å². The van der Waals surface area contributed by atoms with Crippen molar-refractivity contribution in [3.8, 4) is 0 Å². The van der Waals surface area contributed by atoms with E-state index in [9.17, 15) is 4.79 Å². The fourth-order valence-electron chi connectivity index (χ4n) is 3.44. The Bertz CT molecular complexity index is 837. The second-order valence-corrected chi connectivity index (χ2v) is 6.95. The van der Waals surface area contributed by atoms with Gasteiger partial charge in [0, 0.05) is 24.0 Å². The minimum Gasteiger partial charge on any atom is -0.341 e. The summed E-state index contributed by atoms with van der Waals surface area (Å²) in [4.78, 5) is 13.8. The van der Waals surface area contributed by atoms with E-state index in [-0.39, 0.29) is 0 Å². The molecule has 0 N–H and O–H groups in total. The lowest BCUT2D eigenvalue weighted by atomic mass is 10.1.